The molecule has 1 fully saturated rings. The van der Waals surface area contributed by atoms with Crippen LogP contribution in [-0.2, 0) is 0 Å². The minimum absolute atomic E-state index is 0.361. The monoisotopic (exact) mass is 160 g/mol. The van der Waals surface area contributed by atoms with Gasteiger partial charge >= 0.3 is 0 Å². The largest absolute Gasteiger partial charge is 0.247 e. The van der Waals surface area contributed by atoms with Crippen molar-refractivity contribution in [2.75, 3.05) is 0 Å². The number of hydrogen-bond donors (Lipinski definition) is 0. The third-order valence-electron chi connectivity index (χ3n) is 2.28. The lowest BCUT2D eigenvalue weighted by Gasteiger charge is -2.40. The highest BCUT2D eigenvalue weighted by Gasteiger charge is 2.38. The van der Waals surface area contributed by atoms with E-state index in [1.54, 1.807) is 0 Å². The number of alkyl halides is 1. The van der Waals surface area contributed by atoms with Gasteiger partial charge in [0.05, 0.1) is 0 Å². The fraction of sp³-hybridized carbons (Fsp3) is 1.00. The molecular weight excluding hydrogens is 139 g/mol. The Kier molecular flexibility index (Phi) is 4.71. The van der Waals surface area contributed by atoms with Crippen LogP contribution in [0.4, 0.5) is 4.39 Å². The van der Waals surface area contributed by atoms with E-state index in [1.165, 1.54) is 6.42 Å². The molecule has 0 aromatic carbocycles. The van der Waals surface area contributed by atoms with Gasteiger partial charge in [-0.1, -0.05) is 40.5 Å². The lowest BCUT2D eigenvalue weighted by atomic mass is 9.67. The van der Waals surface area contributed by atoms with Gasteiger partial charge in [0.25, 0.3) is 0 Å². The summed E-state index contributed by atoms with van der Waals surface area (Å²) in [5, 5.41) is 0. The number of rotatable bonds is 1. The van der Waals surface area contributed by atoms with Crippen LogP contribution in [-0.4, -0.2) is 6.17 Å². The third kappa shape index (κ3) is 3.74. The summed E-state index contributed by atoms with van der Waals surface area (Å²) in [4.78, 5) is 0. The van der Waals surface area contributed by atoms with E-state index in [4.69, 9.17) is 0 Å². The zero-order chi connectivity index (χ0) is 8.91. The zero-order valence-electron chi connectivity index (χ0n) is 8.28. The van der Waals surface area contributed by atoms with E-state index in [-0.39, 0.29) is 0 Å². The second-order valence-electron chi connectivity index (χ2n) is 3.88. The summed E-state index contributed by atoms with van der Waals surface area (Å²) in [5.41, 5.74) is 0.361. The van der Waals surface area contributed by atoms with Gasteiger partial charge in [-0.15, -0.1) is 0 Å². The normalized spacial score (nSPS) is 35.2. The molecule has 0 aromatic rings. The van der Waals surface area contributed by atoms with Crippen LogP contribution in [0.15, 0.2) is 0 Å². The van der Waals surface area contributed by atoms with Gasteiger partial charge in [-0.05, 0) is 18.3 Å². The Bertz CT molecular complexity index is 93.0. The van der Waals surface area contributed by atoms with Crippen LogP contribution in [0.2, 0.25) is 0 Å². The molecule has 0 unspecified atom stereocenters. The predicted molar refractivity (Wildman–Crippen MR) is 48.5 cm³/mol. The van der Waals surface area contributed by atoms with Gasteiger partial charge in [0.15, 0.2) is 0 Å². The Labute approximate surface area is 70.2 Å². The van der Waals surface area contributed by atoms with Crippen molar-refractivity contribution in [3.8, 4) is 0 Å². The topological polar surface area (TPSA) is 0 Å². The molecule has 1 aliphatic rings. The Morgan fingerprint density at radius 3 is 1.73 bits per heavy atom. The Hall–Kier alpha value is -0.0700. The van der Waals surface area contributed by atoms with Crippen LogP contribution < -0.4 is 0 Å². The SMILES string of the molecule is CCC.CCC1(C)CC(F)C1. The van der Waals surface area contributed by atoms with Crippen molar-refractivity contribution in [3.05, 3.63) is 0 Å². The maximum absolute atomic E-state index is 12.2. The summed E-state index contributed by atoms with van der Waals surface area (Å²) < 4.78 is 12.2. The highest BCUT2D eigenvalue weighted by atomic mass is 19.1. The predicted octanol–water partition coefficient (Wildman–Crippen LogP) is 3.95. The van der Waals surface area contributed by atoms with Crippen molar-refractivity contribution in [2.24, 2.45) is 5.41 Å². The van der Waals surface area contributed by atoms with Crippen LogP contribution in [0, 0.1) is 5.41 Å². The first-order chi connectivity index (χ1) is 5.08. The summed E-state index contributed by atoms with van der Waals surface area (Å²) in [6.07, 6.45) is 3.49. The number of halogens is 1. The standard InChI is InChI=1S/C7H13F.C3H8/c1-3-7(2)4-6(8)5-7;1-3-2/h6H,3-5H2,1-2H3;3H2,1-2H3. The molecule has 0 spiro atoms. The van der Waals surface area contributed by atoms with Crippen LogP contribution >= 0.6 is 0 Å². The summed E-state index contributed by atoms with van der Waals surface area (Å²) in [7, 11) is 0. The molecule has 0 aliphatic heterocycles. The lowest BCUT2D eigenvalue weighted by molar-refractivity contribution is 0.0389. The highest BCUT2D eigenvalue weighted by Crippen LogP contribution is 2.44. The van der Waals surface area contributed by atoms with Crippen LogP contribution in [0.5, 0.6) is 0 Å². The van der Waals surface area contributed by atoms with Crippen molar-refractivity contribution < 1.29 is 4.39 Å². The molecule has 0 aromatic heterocycles. The van der Waals surface area contributed by atoms with E-state index in [0.29, 0.717) is 5.41 Å². The lowest BCUT2D eigenvalue weighted by Crippen LogP contribution is -2.34. The molecule has 0 atom stereocenters. The van der Waals surface area contributed by atoms with E-state index in [0.717, 1.165) is 19.3 Å². The second-order valence-corrected chi connectivity index (χ2v) is 3.88. The quantitative estimate of drug-likeness (QED) is 0.545. The number of hydrogen-bond acceptors (Lipinski definition) is 0. The molecule has 0 bridgehead atoms. The van der Waals surface area contributed by atoms with Crippen LogP contribution in [0.3, 0.4) is 0 Å². The first-order valence-corrected chi connectivity index (χ1v) is 4.72. The first-order valence-electron chi connectivity index (χ1n) is 4.72. The van der Waals surface area contributed by atoms with Crippen molar-refractivity contribution in [1.29, 1.82) is 0 Å². The van der Waals surface area contributed by atoms with Crippen molar-refractivity contribution in [1.82, 2.24) is 0 Å². The van der Waals surface area contributed by atoms with Crippen LogP contribution in [0.1, 0.15) is 53.4 Å². The molecule has 1 aliphatic carbocycles. The third-order valence-corrected chi connectivity index (χ3v) is 2.28. The molecule has 0 nitrogen and oxygen atoms in total. The van der Waals surface area contributed by atoms with E-state index < -0.39 is 6.17 Å². The average Bonchev–Trinajstić information content (AvgIpc) is 1.87. The van der Waals surface area contributed by atoms with Crippen molar-refractivity contribution in [3.63, 3.8) is 0 Å². The van der Waals surface area contributed by atoms with Gasteiger partial charge in [0, 0.05) is 0 Å². The van der Waals surface area contributed by atoms with E-state index in [2.05, 4.69) is 27.7 Å². The van der Waals surface area contributed by atoms with Gasteiger partial charge in [-0.2, -0.15) is 0 Å². The van der Waals surface area contributed by atoms with Gasteiger partial charge in [0.1, 0.15) is 6.17 Å². The molecule has 0 amide bonds. The van der Waals surface area contributed by atoms with Crippen molar-refractivity contribution in [2.45, 2.75) is 59.5 Å². The summed E-state index contributed by atoms with van der Waals surface area (Å²) in [5.74, 6) is 0. The maximum Gasteiger partial charge on any atom is 0.101 e. The van der Waals surface area contributed by atoms with Crippen LogP contribution in [0.25, 0.3) is 0 Å². The van der Waals surface area contributed by atoms with Crippen molar-refractivity contribution >= 4 is 0 Å². The fourth-order valence-electron chi connectivity index (χ4n) is 1.30. The van der Waals surface area contributed by atoms with E-state index >= 15 is 0 Å². The molecule has 0 radical (unpaired) electrons. The zero-order valence-corrected chi connectivity index (χ0v) is 8.28. The van der Waals surface area contributed by atoms with E-state index in [9.17, 15) is 4.39 Å². The molecule has 68 valence electrons. The van der Waals surface area contributed by atoms with E-state index in [1.807, 2.05) is 0 Å². The molecule has 0 heterocycles. The summed E-state index contributed by atoms with van der Waals surface area (Å²) in [6, 6.07) is 0. The molecular formula is C10H21F. The Morgan fingerprint density at radius 1 is 1.27 bits per heavy atom. The Balaban J connectivity index is 0.000000292. The highest BCUT2D eigenvalue weighted by molar-refractivity contribution is 4.88. The average molecular weight is 160 g/mol. The molecule has 1 rings (SSSR count). The summed E-state index contributed by atoms with van der Waals surface area (Å²) in [6.45, 7) is 8.54. The Morgan fingerprint density at radius 2 is 1.64 bits per heavy atom. The van der Waals surface area contributed by atoms with Gasteiger partial charge in [-0.25, -0.2) is 4.39 Å². The minimum atomic E-state index is -0.486. The molecule has 1 saturated carbocycles. The van der Waals surface area contributed by atoms with Gasteiger partial charge in [0.2, 0.25) is 0 Å². The van der Waals surface area contributed by atoms with Gasteiger partial charge < -0.3 is 0 Å². The first kappa shape index (κ1) is 10.9. The molecule has 0 saturated heterocycles. The summed E-state index contributed by atoms with van der Waals surface area (Å²) >= 11 is 0. The fourth-order valence-corrected chi connectivity index (χ4v) is 1.30. The maximum atomic E-state index is 12.2. The molecule has 1 heteroatoms. The molecule has 0 N–H and O–H groups in total. The molecule has 11 heavy (non-hydrogen) atoms. The minimum Gasteiger partial charge on any atom is -0.247 e. The van der Waals surface area contributed by atoms with Gasteiger partial charge in [-0.3, -0.25) is 0 Å². The smallest absolute Gasteiger partial charge is 0.101 e. The second kappa shape index (κ2) is 4.74.